The van der Waals surface area contributed by atoms with Crippen LogP contribution < -0.4 is 0 Å². The summed E-state index contributed by atoms with van der Waals surface area (Å²) >= 11 is 0. The molecular weight excluding hydrogens is 184 g/mol. The molecule has 0 aromatic carbocycles. The van der Waals surface area contributed by atoms with Gasteiger partial charge in [0.25, 0.3) is 0 Å². The molecule has 1 N–H and O–H groups in total. The number of aliphatic hydroxyl groups excluding tert-OH is 1. The van der Waals surface area contributed by atoms with E-state index in [-0.39, 0.29) is 5.41 Å². The highest BCUT2D eigenvalue weighted by Crippen LogP contribution is 2.39. The zero-order valence-electron chi connectivity index (χ0n) is 11.5. The smallest absolute Gasteiger partial charge is 0.0487 e. The second-order valence-corrected chi connectivity index (χ2v) is 6.45. The molecule has 92 valence electrons. The van der Waals surface area contributed by atoms with E-state index in [0.717, 1.165) is 19.3 Å². The normalized spacial score (nSPS) is 13.2. The molecule has 0 radical (unpaired) electrons. The van der Waals surface area contributed by atoms with Gasteiger partial charge in [-0.2, -0.15) is 0 Å². The number of hydrogen-bond acceptors (Lipinski definition) is 1. The van der Waals surface area contributed by atoms with E-state index in [9.17, 15) is 5.11 Å². The Morgan fingerprint density at radius 3 is 1.13 bits per heavy atom. The second kappa shape index (κ2) is 6.52. The maximum absolute atomic E-state index is 9.72. The first kappa shape index (κ1) is 15.0. The van der Waals surface area contributed by atoms with Crippen LogP contribution in [-0.4, -0.2) is 11.7 Å². The van der Waals surface area contributed by atoms with Crippen LogP contribution in [0.5, 0.6) is 0 Å². The minimum absolute atomic E-state index is 0.163. The number of hydrogen-bond donors (Lipinski definition) is 1. The van der Waals surface area contributed by atoms with E-state index >= 15 is 0 Å². The molecule has 1 nitrogen and oxygen atoms in total. The fraction of sp³-hybridized carbons (Fsp3) is 1.00. The Labute approximate surface area is 96.3 Å². The fourth-order valence-electron chi connectivity index (χ4n) is 3.04. The first-order valence-corrected chi connectivity index (χ1v) is 6.42. The number of rotatable bonds is 7. The molecule has 0 aliphatic rings. The van der Waals surface area contributed by atoms with Gasteiger partial charge in [0.1, 0.15) is 0 Å². The molecule has 0 atom stereocenters. The minimum Gasteiger partial charge on any atom is -0.396 e. The molecule has 0 unspecified atom stereocenters. The molecule has 0 fully saturated rings. The van der Waals surface area contributed by atoms with Crippen LogP contribution in [0.4, 0.5) is 0 Å². The van der Waals surface area contributed by atoms with Crippen molar-refractivity contribution in [3.63, 3.8) is 0 Å². The van der Waals surface area contributed by atoms with Crippen LogP contribution in [0.15, 0.2) is 0 Å². The van der Waals surface area contributed by atoms with Crippen LogP contribution in [0.25, 0.3) is 0 Å². The van der Waals surface area contributed by atoms with Crippen molar-refractivity contribution < 1.29 is 5.11 Å². The summed E-state index contributed by atoms with van der Waals surface area (Å²) in [6, 6.07) is 0. The van der Waals surface area contributed by atoms with E-state index in [2.05, 4.69) is 41.5 Å². The number of aliphatic hydroxyl groups is 1. The second-order valence-electron chi connectivity index (χ2n) is 6.45. The molecule has 0 aromatic rings. The third-order valence-corrected chi connectivity index (χ3v) is 2.86. The summed E-state index contributed by atoms with van der Waals surface area (Å²) in [6.07, 6.45) is 3.46. The summed E-state index contributed by atoms with van der Waals surface area (Å²) < 4.78 is 0. The van der Waals surface area contributed by atoms with Crippen molar-refractivity contribution in [3.05, 3.63) is 0 Å². The minimum atomic E-state index is 0.163. The first-order chi connectivity index (χ1) is 6.81. The van der Waals surface area contributed by atoms with Crippen molar-refractivity contribution in [2.75, 3.05) is 6.61 Å². The molecule has 15 heavy (non-hydrogen) atoms. The van der Waals surface area contributed by atoms with Crippen molar-refractivity contribution >= 4 is 0 Å². The molecule has 0 saturated heterocycles. The van der Waals surface area contributed by atoms with Gasteiger partial charge in [-0.3, -0.25) is 0 Å². The van der Waals surface area contributed by atoms with Crippen LogP contribution in [0.1, 0.15) is 60.8 Å². The van der Waals surface area contributed by atoms with Crippen molar-refractivity contribution in [2.24, 2.45) is 23.2 Å². The fourth-order valence-corrected chi connectivity index (χ4v) is 3.04. The first-order valence-electron chi connectivity index (χ1n) is 6.42. The molecule has 0 aromatic heterocycles. The van der Waals surface area contributed by atoms with Gasteiger partial charge >= 0.3 is 0 Å². The standard InChI is InChI=1S/C14H30O/c1-11(2)7-14(10-15,8-12(3)4)9-13(5)6/h11-13,15H,7-10H2,1-6H3. The molecule has 0 saturated carbocycles. The summed E-state index contributed by atoms with van der Waals surface area (Å²) in [5, 5.41) is 9.72. The molecule has 0 aliphatic heterocycles. The third-order valence-electron chi connectivity index (χ3n) is 2.86. The Morgan fingerprint density at radius 2 is 1.00 bits per heavy atom. The lowest BCUT2D eigenvalue weighted by Crippen LogP contribution is -2.31. The zero-order valence-corrected chi connectivity index (χ0v) is 11.5. The van der Waals surface area contributed by atoms with Gasteiger partial charge < -0.3 is 5.11 Å². The summed E-state index contributed by atoms with van der Waals surface area (Å²) in [6.45, 7) is 13.9. The highest BCUT2D eigenvalue weighted by molar-refractivity contribution is 4.82. The van der Waals surface area contributed by atoms with Crippen LogP contribution in [0.3, 0.4) is 0 Å². The highest BCUT2D eigenvalue weighted by atomic mass is 16.3. The van der Waals surface area contributed by atoms with E-state index in [0.29, 0.717) is 24.4 Å². The topological polar surface area (TPSA) is 20.2 Å². The maximum Gasteiger partial charge on any atom is 0.0487 e. The SMILES string of the molecule is CC(C)CC(CO)(CC(C)C)CC(C)C. The van der Waals surface area contributed by atoms with Crippen molar-refractivity contribution in [3.8, 4) is 0 Å². The molecule has 0 amide bonds. The molecule has 0 heterocycles. The third kappa shape index (κ3) is 6.19. The maximum atomic E-state index is 9.72. The Kier molecular flexibility index (Phi) is 6.51. The van der Waals surface area contributed by atoms with Crippen molar-refractivity contribution in [1.82, 2.24) is 0 Å². The average molecular weight is 214 g/mol. The van der Waals surface area contributed by atoms with Gasteiger partial charge in [0.05, 0.1) is 0 Å². The predicted octanol–water partition coefficient (Wildman–Crippen LogP) is 4.10. The Balaban J connectivity index is 4.59. The molecular formula is C14H30O. The lowest BCUT2D eigenvalue weighted by molar-refractivity contribution is 0.0567. The molecule has 0 bridgehead atoms. The monoisotopic (exact) mass is 214 g/mol. The summed E-state index contributed by atoms with van der Waals surface area (Å²) in [5.74, 6) is 2.03. The van der Waals surface area contributed by atoms with Gasteiger partial charge in [0.2, 0.25) is 0 Å². The quantitative estimate of drug-likeness (QED) is 0.676. The Morgan fingerprint density at radius 1 is 0.733 bits per heavy atom. The molecule has 0 spiro atoms. The van der Waals surface area contributed by atoms with E-state index in [4.69, 9.17) is 0 Å². The van der Waals surface area contributed by atoms with Crippen molar-refractivity contribution in [1.29, 1.82) is 0 Å². The van der Waals surface area contributed by atoms with Gasteiger partial charge in [0.15, 0.2) is 0 Å². The molecule has 0 rings (SSSR count). The van der Waals surface area contributed by atoms with Gasteiger partial charge in [-0.05, 0) is 42.4 Å². The van der Waals surface area contributed by atoms with Crippen LogP contribution in [0, 0.1) is 23.2 Å². The van der Waals surface area contributed by atoms with Gasteiger partial charge in [-0.25, -0.2) is 0 Å². The highest BCUT2D eigenvalue weighted by Gasteiger charge is 2.31. The molecule has 0 aliphatic carbocycles. The van der Waals surface area contributed by atoms with E-state index < -0.39 is 0 Å². The Bertz CT molecular complexity index is 132. The summed E-state index contributed by atoms with van der Waals surface area (Å²) in [4.78, 5) is 0. The largest absolute Gasteiger partial charge is 0.396 e. The van der Waals surface area contributed by atoms with Gasteiger partial charge in [-0.1, -0.05) is 41.5 Å². The summed E-state index contributed by atoms with van der Waals surface area (Å²) in [5.41, 5.74) is 0.163. The Hall–Kier alpha value is -0.0400. The van der Waals surface area contributed by atoms with Crippen LogP contribution in [0.2, 0.25) is 0 Å². The van der Waals surface area contributed by atoms with Gasteiger partial charge in [-0.15, -0.1) is 0 Å². The van der Waals surface area contributed by atoms with Crippen molar-refractivity contribution in [2.45, 2.75) is 60.8 Å². The van der Waals surface area contributed by atoms with E-state index in [1.165, 1.54) is 0 Å². The van der Waals surface area contributed by atoms with E-state index in [1.807, 2.05) is 0 Å². The predicted molar refractivity (Wildman–Crippen MR) is 67.9 cm³/mol. The average Bonchev–Trinajstić information content (AvgIpc) is 1.99. The lowest BCUT2D eigenvalue weighted by Gasteiger charge is -2.36. The van der Waals surface area contributed by atoms with Crippen LogP contribution in [-0.2, 0) is 0 Å². The van der Waals surface area contributed by atoms with E-state index in [1.54, 1.807) is 0 Å². The summed E-state index contributed by atoms with van der Waals surface area (Å²) in [7, 11) is 0. The zero-order chi connectivity index (χ0) is 12.1. The van der Waals surface area contributed by atoms with Gasteiger partial charge in [0, 0.05) is 6.61 Å². The van der Waals surface area contributed by atoms with Crippen LogP contribution >= 0.6 is 0 Å². The lowest BCUT2D eigenvalue weighted by atomic mass is 9.70. The molecule has 1 heteroatoms.